The first-order valence-corrected chi connectivity index (χ1v) is 8.47. The molecule has 2 fully saturated rings. The van der Waals surface area contributed by atoms with Gasteiger partial charge in [-0.25, -0.2) is 0 Å². The van der Waals surface area contributed by atoms with Gasteiger partial charge < -0.3 is 5.32 Å². The van der Waals surface area contributed by atoms with Crippen molar-refractivity contribution in [1.82, 2.24) is 0 Å². The van der Waals surface area contributed by atoms with E-state index < -0.39 is 0 Å². The van der Waals surface area contributed by atoms with Crippen LogP contribution in [0.25, 0.3) is 5.57 Å². The van der Waals surface area contributed by atoms with Gasteiger partial charge in [0, 0.05) is 16.8 Å². The molecule has 1 N–H and O–H groups in total. The second-order valence-corrected chi connectivity index (χ2v) is 6.39. The minimum absolute atomic E-state index is 0. The summed E-state index contributed by atoms with van der Waals surface area (Å²) in [6.45, 7) is 0. The molecule has 1 aromatic rings. The zero-order valence-electron chi connectivity index (χ0n) is 13.1. The fraction of sp³-hybridized carbons (Fsp3) is 0.526. The predicted molar refractivity (Wildman–Crippen MR) is 88.1 cm³/mol. The minimum atomic E-state index is 0. The molecule has 2 nitrogen and oxygen atoms in total. The van der Waals surface area contributed by atoms with Crippen molar-refractivity contribution in [2.24, 2.45) is 5.92 Å². The second kappa shape index (κ2) is 8.55. The van der Waals surface area contributed by atoms with Crippen LogP contribution in [-0.2, 0) is 21.9 Å². The number of carbonyl (C=O) groups excluding carboxylic acids is 1. The summed E-state index contributed by atoms with van der Waals surface area (Å²) in [5.41, 5.74) is 2.90. The number of benzene rings is 1. The SMILES string of the molecule is C1CCCC1.O=C1Nc2ccccc2C1=CC1CCCC1.[Fe+2]. The normalized spacial score (nSPS) is 21.8. The van der Waals surface area contributed by atoms with Gasteiger partial charge in [0.1, 0.15) is 0 Å². The Hall–Kier alpha value is -1.05. The minimum Gasteiger partial charge on any atom is -0.321 e. The quantitative estimate of drug-likeness (QED) is 0.556. The van der Waals surface area contributed by atoms with Gasteiger partial charge in [-0.15, -0.1) is 0 Å². The maximum Gasteiger partial charge on any atom is 2.00 e. The number of rotatable bonds is 1. The monoisotopic (exact) mass is 339 g/mol. The molecule has 1 heterocycles. The van der Waals surface area contributed by atoms with Gasteiger partial charge in [-0.1, -0.05) is 69.2 Å². The average molecular weight is 339 g/mol. The van der Waals surface area contributed by atoms with E-state index in [1.165, 1.54) is 57.8 Å². The molecule has 0 spiro atoms. The van der Waals surface area contributed by atoms with Crippen molar-refractivity contribution in [2.75, 3.05) is 5.32 Å². The molecule has 2 aliphatic carbocycles. The molecule has 0 saturated heterocycles. The number of hydrogen-bond donors (Lipinski definition) is 1. The number of allylic oxidation sites excluding steroid dienone is 1. The van der Waals surface area contributed by atoms with Crippen LogP contribution in [-0.4, -0.2) is 5.91 Å². The van der Waals surface area contributed by atoms with Crippen LogP contribution < -0.4 is 5.32 Å². The van der Waals surface area contributed by atoms with E-state index in [1.54, 1.807) is 0 Å². The fourth-order valence-corrected chi connectivity index (χ4v) is 3.55. The van der Waals surface area contributed by atoms with Gasteiger partial charge >= 0.3 is 17.1 Å². The Morgan fingerprint density at radius 2 is 1.50 bits per heavy atom. The number of nitrogens with one attached hydrogen (secondary N) is 1. The molecule has 2 saturated carbocycles. The van der Waals surface area contributed by atoms with E-state index >= 15 is 0 Å². The van der Waals surface area contributed by atoms with E-state index in [0.717, 1.165) is 16.8 Å². The molecule has 1 aliphatic heterocycles. The second-order valence-electron chi connectivity index (χ2n) is 6.39. The van der Waals surface area contributed by atoms with Crippen LogP contribution in [0.4, 0.5) is 5.69 Å². The molecule has 22 heavy (non-hydrogen) atoms. The predicted octanol–water partition coefficient (Wildman–Crippen LogP) is 5.16. The third-order valence-corrected chi connectivity index (χ3v) is 4.76. The van der Waals surface area contributed by atoms with Crippen molar-refractivity contribution < 1.29 is 21.9 Å². The zero-order chi connectivity index (χ0) is 14.5. The Labute approximate surface area is 144 Å². The van der Waals surface area contributed by atoms with E-state index in [2.05, 4.69) is 11.4 Å². The van der Waals surface area contributed by atoms with Crippen LogP contribution in [0.15, 0.2) is 30.3 Å². The first-order valence-electron chi connectivity index (χ1n) is 8.47. The van der Waals surface area contributed by atoms with E-state index in [1.807, 2.05) is 24.3 Å². The van der Waals surface area contributed by atoms with Crippen molar-refractivity contribution in [3.63, 3.8) is 0 Å². The van der Waals surface area contributed by atoms with Gasteiger partial charge in [-0.05, 0) is 24.8 Å². The topological polar surface area (TPSA) is 29.1 Å². The molecule has 118 valence electrons. The summed E-state index contributed by atoms with van der Waals surface area (Å²) in [5.74, 6) is 0.667. The standard InChI is InChI=1S/C14H15NO.C5H10.Fe/c16-14-12(9-10-5-1-2-6-10)11-7-3-4-8-13(11)15-14;1-2-4-5-3-1;/h3-4,7-10H,1-2,5-6H2,(H,15,16);1-5H2;/q;;+2. The van der Waals surface area contributed by atoms with E-state index in [0.29, 0.717) is 5.92 Å². The molecular formula is C19H25FeNO+2. The van der Waals surface area contributed by atoms with E-state index in [9.17, 15) is 4.79 Å². The summed E-state index contributed by atoms with van der Waals surface area (Å²) in [6, 6.07) is 7.93. The van der Waals surface area contributed by atoms with Crippen molar-refractivity contribution >= 4 is 17.2 Å². The maximum absolute atomic E-state index is 11.8. The van der Waals surface area contributed by atoms with Crippen LogP contribution in [0, 0.1) is 5.92 Å². The molecular weight excluding hydrogens is 314 g/mol. The Morgan fingerprint density at radius 1 is 0.909 bits per heavy atom. The largest absolute Gasteiger partial charge is 2.00 e. The molecule has 3 heteroatoms. The average Bonchev–Trinajstić information content (AvgIpc) is 3.24. The van der Waals surface area contributed by atoms with E-state index in [-0.39, 0.29) is 23.0 Å². The number of amides is 1. The maximum atomic E-state index is 11.8. The van der Waals surface area contributed by atoms with Gasteiger partial charge in [0.2, 0.25) is 0 Å². The smallest absolute Gasteiger partial charge is 0.321 e. The van der Waals surface area contributed by atoms with Crippen molar-refractivity contribution in [3.05, 3.63) is 35.9 Å². The van der Waals surface area contributed by atoms with Crippen LogP contribution in [0.1, 0.15) is 63.4 Å². The number of para-hydroxylation sites is 1. The molecule has 0 atom stereocenters. The summed E-state index contributed by atoms with van der Waals surface area (Å²) in [7, 11) is 0. The van der Waals surface area contributed by atoms with Crippen molar-refractivity contribution in [2.45, 2.75) is 57.8 Å². The van der Waals surface area contributed by atoms with Crippen molar-refractivity contribution in [1.29, 1.82) is 0 Å². The molecule has 0 radical (unpaired) electrons. The Morgan fingerprint density at radius 3 is 2.14 bits per heavy atom. The molecule has 1 aromatic carbocycles. The van der Waals surface area contributed by atoms with Gasteiger partial charge in [-0.3, -0.25) is 4.79 Å². The zero-order valence-corrected chi connectivity index (χ0v) is 14.2. The van der Waals surface area contributed by atoms with Gasteiger partial charge in [-0.2, -0.15) is 0 Å². The Kier molecular flexibility index (Phi) is 6.72. The number of hydrogen-bond acceptors (Lipinski definition) is 1. The summed E-state index contributed by atoms with van der Waals surface area (Å²) in [6.07, 6.45) is 14.8. The van der Waals surface area contributed by atoms with Gasteiger partial charge in [0.15, 0.2) is 0 Å². The Balaban J connectivity index is 0.000000253. The van der Waals surface area contributed by atoms with Gasteiger partial charge in [0.05, 0.1) is 0 Å². The first-order chi connectivity index (χ1) is 10.3. The van der Waals surface area contributed by atoms with Crippen LogP contribution in [0.2, 0.25) is 0 Å². The summed E-state index contributed by atoms with van der Waals surface area (Å²) in [4.78, 5) is 11.8. The van der Waals surface area contributed by atoms with Crippen molar-refractivity contribution in [3.8, 4) is 0 Å². The van der Waals surface area contributed by atoms with E-state index in [4.69, 9.17) is 0 Å². The summed E-state index contributed by atoms with van der Waals surface area (Å²) in [5, 5.41) is 2.91. The summed E-state index contributed by atoms with van der Waals surface area (Å²) >= 11 is 0. The van der Waals surface area contributed by atoms with Crippen LogP contribution in [0.5, 0.6) is 0 Å². The van der Waals surface area contributed by atoms with Crippen LogP contribution in [0.3, 0.4) is 0 Å². The number of fused-ring (bicyclic) bond motifs is 1. The van der Waals surface area contributed by atoms with Gasteiger partial charge in [0.25, 0.3) is 5.91 Å². The number of carbonyl (C=O) groups is 1. The first kappa shape index (κ1) is 17.3. The molecule has 0 bridgehead atoms. The number of anilines is 1. The fourth-order valence-electron chi connectivity index (χ4n) is 3.55. The molecule has 0 unspecified atom stereocenters. The third-order valence-electron chi connectivity index (χ3n) is 4.76. The molecule has 4 rings (SSSR count). The molecule has 1 amide bonds. The molecule has 3 aliphatic rings. The summed E-state index contributed by atoms with van der Waals surface area (Å²) < 4.78 is 0. The molecule has 0 aromatic heterocycles. The van der Waals surface area contributed by atoms with Crippen LogP contribution >= 0.6 is 0 Å². The third kappa shape index (κ3) is 4.24. The Bertz CT molecular complexity index is 520.